The highest BCUT2D eigenvalue weighted by atomic mass is 16.1. The second-order valence-corrected chi connectivity index (χ2v) is 3.47. The van der Waals surface area contributed by atoms with Gasteiger partial charge in [-0.25, -0.2) is 4.98 Å². The van der Waals surface area contributed by atoms with Crippen LogP contribution in [0.5, 0.6) is 0 Å². The molecule has 80 valence electrons. The molecule has 1 heterocycles. The molecule has 0 fully saturated rings. The lowest BCUT2D eigenvalue weighted by molar-refractivity contribution is -0.116. The molecule has 5 nitrogen and oxygen atoms in total. The highest BCUT2D eigenvalue weighted by Crippen LogP contribution is 2.13. The van der Waals surface area contributed by atoms with Crippen molar-refractivity contribution in [3.8, 4) is 6.07 Å². The maximum absolute atomic E-state index is 10.8. The minimum absolute atomic E-state index is 0.348. The van der Waals surface area contributed by atoms with Crippen molar-refractivity contribution in [3.63, 3.8) is 0 Å². The van der Waals surface area contributed by atoms with E-state index in [9.17, 15) is 4.79 Å². The molecule has 1 aromatic carbocycles. The minimum Gasteiger partial charge on any atom is -0.342 e. The zero-order valence-corrected chi connectivity index (χ0v) is 8.74. The SMILES string of the molecule is Cc1nc2ccc(CNC(=O)C#N)cc2[nH]1. The van der Waals surface area contributed by atoms with E-state index < -0.39 is 5.91 Å². The van der Waals surface area contributed by atoms with Gasteiger partial charge in [0.25, 0.3) is 0 Å². The first kappa shape index (κ1) is 10.2. The first-order valence-electron chi connectivity index (χ1n) is 4.82. The van der Waals surface area contributed by atoms with Crippen LogP contribution >= 0.6 is 0 Å². The third-order valence-corrected chi connectivity index (χ3v) is 2.22. The van der Waals surface area contributed by atoms with Crippen LogP contribution in [-0.4, -0.2) is 15.9 Å². The van der Waals surface area contributed by atoms with E-state index in [0.29, 0.717) is 6.54 Å². The lowest BCUT2D eigenvalue weighted by Gasteiger charge is -2.00. The number of amides is 1. The topological polar surface area (TPSA) is 81.6 Å². The summed E-state index contributed by atoms with van der Waals surface area (Å²) < 4.78 is 0. The van der Waals surface area contributed by atoms with Gasteiger partial charge in [-0.3, -0.25) is 4.79 Å². The summed E-state index contributed by atoms with van der Waals surface area (Å²) in [6, 6.07) is 7.17. The monoisotopic (exact) mass is 214 g/mol. The van der Waals surface area contributed by atoms with Crippen LogP contribution in [0.4, 0.5) is 0 Å². The molecule has 5 heteroatoms. The number of imidazole rings is 1. The molecule has 0 aliphatic heterocycles. The molecule has 0 saturated carbocycles. The van der Waals surface area contributed by atoms with Crippen LogP contribution in [-0.2, 0) is 11.3 Å². The number of H-pyrrole nitrogens is 1. The number of carbonyl (C=O) groups excluding carboxylic acids is 1. The van der Waals surface area contributed by atoms with E-state index in [4.69, 9.17) is 5.26 Å². The van der Waals surface area contributed by atoms with Crippen molar-refractivity contribution in [2.45, 2.75) is 13.5 Å². The van der Waals surface area contributed by atoms with Gasteiger partial charge < -0.3 is 10.3 Å². The highest BCUT2D eigenvalue weighted by Gasteiger charge is 2.02. The third-order valence-electron chi connectivity index (χ3n) is 2.22. The summed E-state index contributed by atoms with van der Waals surface area (Å²) in [5, 5.41) is 10.8. The largest absolute Gasteiger partial charge is 0.342 e. The number of nitriles is 1. The Bertz CT molecular complexity index is 579. The first-order valence-corrected chi connectivity index (χ1v) is 4.82. The van der Waals surface area contributed by atoms with Gasteiger partial charge in [-0.2, -0.15) is 5.26 Å². The van der Waals surface area contributed by atoms with E-state index in [1.807, 2.05) is 25.1 Å². The lowest BCUT2D eigenvalue weighted by atomic mass is 10.2. The van der Waals surface area contributed by atoms with Crippen LogP contribution in [0.25, 0.3) is 11.0 Å². The summed E-state index contributed by atoms with van der Waals surface area (Å²) in [7, 11) is 0. The second kappa shape index (κ2) is 4.03. The van der Waals surface area contributed by atoms with Gasteiger partial charge in [-0.05, 0) is 24.6 Å². The van der Waals surface area contributed by atoms with Crippen LogP contribution in [0.15, 0.2) is 18.2 Å². The Labute approximate surface area is 92.1 Å². The van der Waals surface area contributed by atoms with Crippen molar-refractivity contribution in [2.24, 2.45) is 0 Å². The first-order chi connectivity index (χ1) is 7.69. The smallest absolute Gasteiger partial charge is 0.322 e. The van der Waals surface area contributed by atoms with Gasteiger partial charge >= 0.3 is 5.91 Å². The van der Waals surface area contributed by atoms with Crippen molar-refractivity contribution in [3.05, 3.63) is 29.6 Å². The van der Waals surface area contributed by atoms with Gasteiger partial charge in [0.05, 0.1) is 11.0 Å². The average molecular weight is 214 g/mol. The molecule has 0 aliphatic rings. The van der Waals surface area contributed by atoms with Gasteiger partial charge in [-0.15, -0.1) is 0 Å². The van der Waals surface area contributed by atoms with E-state index in [0.717, 1.165) is 22.4 Å². The Kier molecular flexibility index (Phi) is 2.56. The van der Waals surface area contributed by atoms with Crippen molar-refractivity contribution in [1.29, 1.82) is 5.26 Å². The van der Waals surface area contributed by atoms with Gasteiger partial charge in [0.15, 0.2) is 6.07 Å². The normalized spacial score (nSPS) is 10.0. The molecule has 0 atom stereocenters. The van der Waals surface area contributed by atoms with E-state index in [1.165, 1.54) is 6.07 Å². The molecule has 0 bridgehead atoms. The van der Waals surface area contributed by atoms with Crippen LogP contribution in [0, 0.1) is 18.3 Å². The molecule has 2 rings (SSSR count). The maximum atomic E-state index is 10.8. The number of rotatable bonds is 2. The van der Waals surface area contributed by atoms with Gasteiger partial charge in [0, 0.05) is 6.54 Å². The predicted molar refractivity (Wildman–Crippen MR) is 58.3 cm³/mol. The molecule has 2 aromatic rings. The van der Waals surface area contributed by atoms with Crippen LogP contribution in [0.3, 0.4) is 0 Å². The predicted octanol–water partition coefficient (Wildman–Crippen LogP) is 1.01. The summed E-state index contributed by atoms with van der Waals surface area (Å²) in [5.74, 6) is 0.231. The Hall–Kier alpha value is -2.35. The summed E-state index contributed by atoms with van der Waals surface area (Å²) in [6.45, 7) is 2.23. The number of aromatic amines is 1. The summed E-state index contributed by atoms with van der Waals surface area (Å²) in [5.41, 5.74) is 2.76. The summed E-state index contributed by atoms with van der Waals surface area (Å²) in [4.78, 5) is 18.1. The standard InChI is InChI=1S/C11H10N4O/c1-7-14-9-3-2-8(4-10(9)15-7)6-13-11(16)5-12/h2-4H,6H2,1H3,(H,13,16)(H,14,15). The van der Waals surface area contributed by atoms with E-state index in [-0.39, 0.29) is 0 Å². The number of aryl methyl sites for hydroxylation is 1. The summed E-state index contributed by atoms with van der Waals surface area (Å²) in [6.07, 6.45) is 0. The number of aromatic nitrogens is 2. The Balaban J connectivity index is 2.20. The van der Waals surface area contributed by atoms with E-state index in [1.54, 1.807) is 0 Å². The minimum atomic E-state index is -0.624. The molecule has 1 aromatic heterocycles. The van der Waals surface area contributed by atoms with Crippen LogP contribution in [0.2, 0.25) is 0 Å². The van der Waals surface area contributed by atoms with Crippen molar-refractivity contribution in [2.75, 3.05) is 0 Å². The molecule has 16 heavy (non-hydrogen) atoms. The third kappa shape index (κ3) is 2.01. The Morgan fingerprint density at radius 2 is 2.44 bits per heavy atom. The Morgan fingerprint density at radius 3 is 3.19 bits per heavy atom. The number of hydrogen-bond donors (Lipinski definition) is 2. The molecule has 0 saturated heterocycles. The average Bonchev–Trinajstić information content (AvgIpc) is 2.65. The molecule has 0 aliphatic carbocycles. The number of nitrogens with one attached hydrogen (secondary N) is 2. The summed E-state index contributed by atoms with van der Waals surface area (Å²) >= 11 is 0. The zero-order chi connectivity index (χ0) is 11.5. The van der Waals surface area contributed by atoms with E-state index in [2.05, 4.69) is 15.3 Å². The van der Waals surface area contributed by atoms with Crippen molar-refractivity contribution >= 4 is 16.9 Å². The quantitative estimate of drug-likeness (QED) is 0.732. The highest BCUT2D eigenvalue weighted by molar-refractivity contribution is 5.91. The lowest BCUT2D eigenvalue weighted by Crippen LogP contribution is -2.20. The van der Waals surface area contributed by atoms with Gasteiger partial charge in [-0.1, -0.05) is 6.07 Å². The number of nitrogens with zero attached hydrogens (tertiary/aromatic N) is 2. The van der Waals surface area contributed by atoms with Crippen LogP contribution in [0.1, 0.15) is 11.4 Å². The zero-order valence-electron chi connectivity index (χ0n) is 8.74. The van der Waals surface area contributed by atoms with Gasteiger partial charge in [0.2, 0.25) is 0 Å². The van der Waals surface area contributed by atoms with Crippen molar-refractivity contribution < 1.29 is 4.79 Å². The number of benzene rings is 1. The molecule has 0 unspecified atom stereocenters. The molecule has 2 N–H and O–H groups in total. The molecule has 0 spiro atoms. The fourth-order valence-corrected chi connectivity index (χ4v) is 1.52. The van der Waals surface area contributed by atoms with Gasteiger partial charge in [0.1, 0.15) is 5.82 Å². The number of hydrogen-bond acceptors (Lipinski definition) is 3. The fraction of sp³-hybridized carbons (Fsp3) is 0.182. The van der Waals surface area contributed by atoms with Crippen LogP contribution < -0.4 is 5.32 Å². The second-order valence-electron chi connectivity index (χ2n) is 3.47. The maximum Gasteiger partial charge on any atom is 0.322 e. The van der Waals surface area contributed by atoms with E-state index >= 15 is 0 Å². The number of carbonyl (C=O) groups is 1. The fourth-order valence-electron chi connectivity index (χ4n) is 1.52. The molecule has 1 amide bonds. The van der Waals surface area contributed by atoms with Crippen molar-refractivity contribution in [1.82, 2.24) is 15.3 Å². The number of fused-ring (bicyclic) bond motifs is 1. The molecular weight excluding hydrogens is 204 g/mol. The molecule has 0 radical (unpaired) electrons. The molecular formula is C11H10N4O. The Morgan fingerprint density at radius 1 is 1.62 bits per heavy atom.